The lowest BCUT2D eigenvalue weighted by Crippen LogP contribution is -2.68. The highest BCUT2D eigenvalue weighted by Gasteiger charge is 2.53. The normalized spacial score (nSPS) is 16.5. The van der Waals surface area contributed by atoms with Crippen molar-refractivity contribution in [1.82, 2.24) is 0 Å². The van der Waals surface area contributed by atoms with E-state index in [-0.39, 0.29) is 0 Å². The van der Waals surface area contributed by atoms with E-state index in [0.717, 1.165) is 10.4 Å². The van der Waals surface area contributed by atoms with Crippen molar-refractivity contribution in [1.29, 1.82) is 0 Å². The summed E-state index contributed by atoms with van der Waals surface area (Å²) in [5.74, 6) is 0.795. The maximum atomic E-state index is 11.4. The first kappa shape index (κ1) is 25.2. The van der Waals surface area contributed by atoms with Crippen molar-refractivity contribution in [3.63, 3.8) is 0 Å². The van der Waals surface area contributed by atoms with Gasteiger partial charge in [-0.2, -0.15) is 0 Å². The van der Waals surface area contributed by atoms with Gasteiger partial charge in [0.1, 0.15) is 0 Å². The molecule has 0 aliphatic rings. The molecule has 2 rings (SSSR count). The molecule has 2 N–H and O–H groups in total. The Balaban J connectivity index is 2.47. The molecule has 0 spiro atoms. The van der Waals surface area contributed by atoms with E-state index in [9.17, 15) is 9.59 Å². The smallest absolute Gasteiger partial charge is 0.411 e. The van der Waals surface area contributed by atoms with Gasteiger partial charge in [0.2, 0.25) is 0 Å². The van der Waals surface area contributed by atoms with Crippen molar-refractivity contribution in [3.05, 3.63) is 59.7 Å². The molecule has 0 radical (unpaired) electrons. The number of hydrogen-bond acceptors (Lipinski definition) is 5. The molecule has 2 aromatic rings. The molecular weight excluding hydrogens is 428 g/mol. The van der Waals surface area contributed by atoms with Crippen molar-refractivity contribution in [2.75, 3.05) is 7.11 Å². The maximum absolute atomic E-state index is 11.4. The van der Waals surface area contributed by atoms with Gasteiger partial charge in [0.15, 0.2) is 0 Å². The second-order valence-electron chi connectivity index (χ2n) is 8.95. The van der Waals surface area contributed by atoms with Crippen LogP contribution in [0.15, 0.2) is 48.5 Å². The molecule has 166 valence electrons. The predicted molar refractivity (Wildman–Crippen MR) is 129 cm³/mol. The summed E-state index contributed by atoms with van der Waals surface area (Å²) < 4.78 is 18.4. The molecule has 2 atom stereocenters. The Bertz CT molecular complexity index is 814. The zero-order chi connectivity index (χ0) is 22.7. The first-order valence-electron chi connectivity index (χ1n) is 10.4. The average molecular weight is 465 g/mol. The second-order valence-corrected chi connectivity index (χ2v) is 18.1. The highest BCUT2D eigenvalue weighted by atomic mass is 28.5. The van der Waals surface area contributed by atoms with Crippen LogP contribution in [0.1, 0.15) is 50.7 Å². The fourth-order valence-electron chi connectivity index (χ4n) is 3.24. The zero-order valence-corrected chi connectivity index (χ0v) is 22.4. The maximum Gasteiger partial charge on any atom is 0.519 e. The molecule has 0 aliphatic heterocycles. The van der Waals surface area contributed by atoms with E-state index in [1.54, 1.807) is 19.6 Å². The van der Waals surface area contributed by atoms with Crippen LogP contribution in [-0.4, -0.2) is 42.6 Å². The van der Waals surface area contributed by atoms with Crippen LogP contribution in [0.5, 0.6) is 0 Å². The largest absolute Gasteiger partial charge is 0.519 e. The van der Waals surface area contributed by atoms with Gasteiger partial charge in [-0.05, 0) is 47.8 Å². The Labute approximate surface area is 184 Å². The first-order valence-corrected chi connectivity index (χ1v) is 17.3. The Morgan fingerprint density at radius 1 is 0.667 bits per heavy atom. The van der Waals surface area contributed by atoms with Gasteiger partial charge in [0, 0.05) is 12.3 Å². The molecular formula is C22H36O5Si3. The summed E-state index contributed by atoms with van der Waals surface area (Å²) in [4.78, 5) is 22.0. The van der Waals surface area contributed by atoms with Crippen molar-refractivity contribution < 1.29 is 22.2 Å². The van der Waals surface area contributed by atoms with Crippen LogP contribution in [-0.2, 0) is 12.7 Å². The lowest BCUT2D eigenvalue weighted by Gasteiger charge is -2.37. The van der Waals surface area contributed by atoms with E-state index in [4.69, 9.17) is 12.7 Å². The van der Waals surface area contributed by atoms with E-state index < -0.39 is 25.9 Å². The molecule has 30 heavy (non-hydrogen) atoms. The molecule has 0 heterocycles. The summed E-state index contributed by atoms with van der Waals surface area (Å²) in [6.45, 7) is 13.6. The molecule has 0 aromatic heterocycles. The van der Waals surface area contributed by atoms with Gasteiger partial charge in [-0.15, -0.1) is 0 Å². The standard InChI is InChI=1S/C22H36O5Si3/c1-17(2)19-9-13-21(14-10-19)29(8,24)27-30(25-5,26-28(6,7)23)22-15-11-20(12-16-22)18(3)4/h9-18,23-24H,1-8H3. The van der Waals surface area contributed by atoms with Gasteiger partial charge in [0.25, 0.3) is 0 Å². The van der Waals surface area contributed by atoms with E-state index in [1.807, 2.05) is 48.5 Å². The zero-order valence-electron chi connectivity index (χ0n) is 19.4. The summed E-state index contributed by atoms with van der Waals surface area (Å²) in [7, 11) is -8.47. The molecule has 0 fully saturated rings. The Hall–Kier alpha value is -1.11. The Morgan fingerprint density at radius 2 is 1.07 bits per heavy atom. The minimum Gasteiger partial charge on any atom is -0.411 e. The van der Waals surface area contributed by atoms with Crippen LogP contribution in [0.4, 0.5) is 0 Å². The minimum atomic E-state index is -3.57. The number of rotatable bonds is 9. The molecule has 0 aliphatic carbocycles. The number of benzene rings is 2. The summed E-state index contributed by atoms with van der Waals surface area (Å²) in [5.41, 5.74) is 2.38. The molecule has 5 nitrogen and oxygen atoms in total. The fraction of sp³-hybridized carbons (Fsp3) is 0.455. The summed E-state index contributed by atoms with van der Waals surface area (Å²) >= 11 is 0. The van der Waals surface area contributed by atoms with Crippen LogP contribution in [0.25, 0.3) is 0 Å². The average Bonchev–Trinajstić information content (AvgIpc) is 2.66. The monoisotopic (exact) mass is 464 g/mol. The third-order valence-corrected chi connectivity index (χ3v) is 13.8. The molecule has 8 heteroatoms. The molecule has 0 bridgehead atoms. The van der Waals surface area contributed by atoms with Gasteiger partial charge in [-0.1, -0.05) is 76.2 Å². The lowest BCUT2D eigenvalue weighted by atomic mass is 10.0. The van der Waals surface area contributed by atoms with E-state index in [0.29, 0.717) is 11.8 Å². The Kier molecular flexibility index (Phi) is 8.03. The summed E-state index contributed by atoms with van der Waals surface area (Å²) in [6.07, 6.45) is 0. The molecule has 0 saturated heterocycles. The van der Waals surface area contributed by atoms with Crippen LogP contribution < -0.4 is 10.4 Å². The first-order chi connectivity index (χ1) is 13.8. The van der Waals surface area contributed by atoms with Gasteiger partial charge in [0.05, 0.1) is 0 Å². The summed E-state index contributed by atoms with van der Waals surface area (Å²) in [5, 5.41) is 1.47. The van der Waals surface area contributed by atoms with Gasteiger partial charge in [-0.3, -0.25) is 0 Å². The van der Waals surface area contributed by atoms with E-state index in [2.05, 4.69) is 27.7 Å². The molecule has 0 amide bonds. The summed E-state index contributed by atoms with van der Waals surface area (Å²) in [6, 6.07) is 15.8. The van der Waals surface area contributed by atoms with Crippen molar-refractivity contribution in [2.45, 2.75) is 59.2 Å². The fourth-order valence-corrected chi connectivity index (χ4v) is 12.2. The number of hydrogen-bond donors (Lipinski definition) is 2. The topological polar surface area (TPSA) is 68.2 Å². The molecule has 2 aromatic carbocycles. The van der Waals surface area contributed by atoms with Crippen molar-refractivity contribution in [2.24, 2.45) is 0 Å². The molecule has 2 unspecified atom stereocenters. The molecule has 0 saturated carbocycles. The second kappa shape index (κ2) is 9.58. The lowest BCUT2D eigenvalue weighted by molar-refractivity contribution is 0.183. The van der Waals surface area contributed by atoms with E-state index in [1.165, 1.54) is 18.2 Å². The highest BCUT2D eigenvalue weighted by molar-refractivity contribution is 6.92. The van der Waals surface area contributed by atoms with Gasteiger partial charge < -0.3 is 22.2 Å². The van der Waals surface area contributed by atoms with Crippen molar-refractivity contribution in [3.8, 4) is 0 Å². The SMILES string of the molecule is CO[Si](O[Si](C)(C)O)(O[Si](C)(O)c1ccc(C(C)C)cc1)c1ccc(C(C)C)cc1. The predicted octanol–water partition coefficient (Wildman–Crippen LogP) is 3.42. The third-order valence-electron chi connectivity index (χ3n) is 5.03. The van der Waals surface area contributed by atoms with Crippen molar-refractivity contribution >= 4 is 36.3 Å². The van der Waals surface area contributed by atoms with Gasteiger partial charge >= 0.3 is 25.9 Å². The van der Waals surface area contributed by atoms with E-state index >= 15 is 0 Å². The highest BCUT2D eigenvalue weighted by Crippen LogP contribution is 2.22. The minimum absolute atomic E-state index is 0.389. The van der Waals surface area contributed by atoms with Crippen LogP contribution >= 0.6 is 0 Å². The van der Waals surface area contributed by atoms with Crippen LogP contribution in [0.3, 0.4) is 0 Å². The Morgan fingerprint density at radius 3 is 1.40 bits per heavy atom. The van der Waals surface area contributed by atoms with Crippen LogP contribution in [0, 0.1) is 0 Å². The van der Waals surface area contributed by atoms with Gasteiger partial charge in [-0.25, -0.2) is 0 Å². The third kappa shape index (κ3) is 6.21. The van der Waals surface area contributed by atoms with Crippen LogP contribution in [0.2, 0.25) is 19.6 Å². The quantitative estimate of drug-likeness (QED) is 0.557.